The summed E-state index contributed by atoms with van der Waals surface area (Å²) >= 11 is 0. The average Bonchev–Trinajstić information content (AvgIpc) is 2.32. The Morgan fingerprint density at radius 2 is 1.35 bits per heavy atom. The van der Waals surface area contributed by atoms with Gasteiger partial charge in [0.05, 0.1) is 11.7 Å². The minimum atomic E-state index is -1.83. The summed E-state index contributed by atoms with van der Waals surface area (Å²) in [6.07, 6.45) is -2.50. The van der Waals surface area contributed by atoms with E-state index in [1.807, 2.05) is 0 Å². The molecule has 2 aromatic carbocycles. The fraction of sp³-hybridized carbons (Fsp3) is 0.143. The van der Waals surface area contributed by atoms with E-state index in [9.17, 15) is 27.1 Å². The van der Waals surface area contributed by atoms with Crippen LogP contribution < -0.4 is 0 Å². The van der Waals surface area contributed by atoms with Crippen molar-refractivity contribution in [1.82, 2.24) is 0 Å². The Kier molecular flexibility index (Phi) is 4.04. The predicted octanol–water partition coefficient (Wildman–Crippen LogP) is 3.66. The van der Waals surface area contributed by atoms with E-state index < -0.39 is 52.7 Å². The highest BCUT2D eigenvalue weighted by molar-refractivity contribution is 5.27. The molecule has 106 valence electrons. The van der Waals surface area contributed by atoms with Crippen molar-refractivity contribution >= 4 is 0 Å². The van der Waals surface area contributed by atoms with E-state index in [0.29, 0.717) is 12.1 Å². The Hall–Kier alpha value is -1.95. The van der Waals surface area contributed by atoms with Gasteiger partial charge in [-0.25, -0.2) is 22.0 Å². The zero-order chi connectivity index (χ0) is 14.9. The summed E-state index contributed by atoms with van der Waals surface area (Å²) in [4.78, 5) is 0. The monoisotopic (exact) mass is 288 g/mol. The van der Waals surface area contributed by atoms with Gasteiger partial charge in [0.1, 0.15) is 29.1 Å². The Morgan fingerprint density at radius 3 is 1.85 bits per heavy atom. The molecule has 2 aromatic rings. The third-order valence-corrected chi connectivity index (χ3v) is 2.84. The standard InChI is InChI=1S/C14H9F5O/c15-7-4-11(18)14(12(19)5-7)13(20)6-8-9(16)2-1-3-10(8)17/h1-5,13,20H,6H2. The van der Waals surface area contributed by atoms with E-state index in [2.05, 4.69) is 0 Å². The molecule has 6 heteroatoms. The lowest BCUT2D eigenvalue weighted by Crippen LogP contribution is -2.10. The van der Waals surface area contributed by atoms with Crippen molar-refractivity contribution in [3.05, 3.63) is 70.5 Å². The van der Waals surface area contributed by atoms with Crippen LogP contribution >= 0.6 is 0 Å². The first kappa shape index (κ1) is 14.5. The second-order valence-electron chi connectivity index (χ2n) is 4.20. The maximum absolute atomic E-state index is 13.4. The van der Waals surface area contributed by atoms with Crippen LogP contribution in [0.15, 0.2) is 30.3 Å². The van der Waals surface area contributed by atoms with Gasteiger partial charge in [-0.3, -0.25) is 0 Å². The second kappa shape index (κ2) is 5.58. The highest BCUT2D eigenvalue weighted by Gasteiger charge is 2.22. The minimum absolute atomic E-state index is 0.388. The normalized spacial score (nSPS) is 12.5. The van der Waals surface area contributed by atoms with E-state index in [1.54, 1.807) is 0 Å². The zero-order valence-electron chi connectivity index (χ0n) is 10.0. The molecule has 0 spiro atoms. The van der Waals surface area contributed by atoms with E-state index >= 15 is 0 Å². The summed E-state index contributed by atoms with van der Waals surface area (Å²) in [6, 6.07) is 3.82. The van der Waals surface area contributed by atoms with Crippen LogP contribution in [0.4, 0.5) is 22.0 Å². The van der Waals surface area contributed by atoms with Crippen molar-refractivity contribution in [2.24, 2.45) is 0 Å². The first-order valence-corrected chi connectivity index (χ1v) is 5.65. The molecule has 1 atom stereocenters. The Morgan fingerprint density at radius 1 is 0.850 bits per heavy atom. The third kappa shape index (κ3) is 2.80. The van der Waals surface area contributed by atoms with Crippen LogP contribution in [0.2, 0.25) is 0 Å². The number of aliphatic hydroxyl groups excluding tert-OH is 1. The van der Waals surface area contributed by atoms with Gasteiger partial charge in [-0.15, -0.1) is 0 Å². The highest BCUT2D eigenvalue weighted by Crippen LogP contribution is 2.26. The van der Waals surface area contributed by atoms with Crippen LogP contribution in [-0.2, 0) is 6.42 Å². The topological polar surface area (TPSA) is 20.2 Å². The molecule has 0 amide bonds. The molecule has 0 aromatic heterocycles. The van der Waals surface area contributed by atoms with E-state index in [4.69, 9.17) is 0 Å². The largest absolute Gasteiger partial charge is 0.388 e. The quantitative estimate of drug-likeness (QED) is 0.855. The third-order valence-electron chi connectivity index (χ3n) is 2.84. The highest BCUT2D eigenvalue weighted by atomic mass is 19.2. The summed E-state index contributed by atoms with van der Waals surface area (Å²) in [5.74, 6) is -5.65. The molecule has 20 heavy (non-hydrogen) atoms. The molecule has 0 saturated carbocycles. The Labute approximate surface area is 111 Å². The van der Waals surface area contributed by atoms with Crippen molar-refractivity contribution in [1.29, 1.82) is 0 Å². The smallest absolute Gasteiger partial charge is 0.134 e. The maximum Gasteiger partial charge on any atom is 0.134 e. The number of rotatable bonds is 3. The van der Waals surface area contributed by atoms with E-state index in [1.165, 1.54) is 0 Å². The van der Waals surface area contributed by atoms with Gasteiger partial charge in [-0.1, -0.05) is 6.07 Å². The van der Waals surface area contributed by atoms with E-state index in [0.717, 1.165) is 18.2 Å². The Bertz CT molecular complexity index is 598. The van der Waals surface area contributed by atoms with Gasteiger partial charge in [0.2, 0.25) is 0 Å². The molecule has 0 aliphatic rings. The molecule has 1 unspecified atom stereocenters. The molecule has 0 fully saturated rings. The van der Waals surface area contributed by atoms with Crippen molar-refractivity contribution in [2.45, 2.75) is 12.5 Å². The van der Waals surface area contributed by atoms with Gasteiger partial charge in [0, 0.05) is 24.1 Å². The van der Waals surface area contributed by atoms with Crippen LogP contribution in [0, 0.1) is 29.1 Å². The summed E-state index contributed by atoms with van der Waals surface area (Å²) < 4.78 is 66.4. The number of aliphatic hydroxyl groups is 1. The van der Waals surface area contributed by atoms with Crippen LogP contribution in [0.3, 0.4) is 0 Å². The fourth-order valence-corrected chi connectivity index (χ4v) is 1.89. The van der Waals surface area contributed by atoms with Crippen LogP contribution in [0.1, 0.15) is 17.2 Å². The summed E-state index contributed by atoms with van der Waals surface area (Å²) in [5.41, 5.74) is -1.32. The fourth-order valence-electron chi connectivity index (χ4n) is 1.89. The molecular weight excluding hydrogens is 279 g/mol. The van der Waals surface area contributed by atoms with Crippen molar-refractivity contribution in [3.63, 3.8) is 0 Å². The van der Waals surface area contributed by atoms with Gasteiger partial charge in [0.25, 0.3) is 0 Å². The lowest BCUT2D eigenvalue weighted by Gasteiger charge is -2.14. The van der Waals surface area contributed by atoms with Gasteiger partial charge in [-0.05, 0) is 12.1 Å². The molecule has 0 radical (unpaired) electrons. The maximum atomic E-state index is 13.4. The summed E-state index contributed by atoms with van der Waals surface area (Å²) in [6.45, 7) is 0. The first-order chi connectivity index (χ1) is 9.40. The molecule has 0 aliphatic carbocycles. The van der Waals surface area contributed by atoms with Crippen molar-refractivity contribution in [3.8, 4) is 0 Å². The predicted molar refractivity (Wildman–Crippen MR) is 61.3 cm³/mol. The SMILES string of the molecule is OC(Cc1c(F)cccc1F)c1c(F)cc(F)cc1F. The van der Waals surface area contributed by atoms with Gasteiger partial charge in [0.15, 0.2) is 0 Å². The summed E-state index contributed by atoms with van der Waals surface area (Å²) in [5, 5.41) is 9.74. The lowest BCUT2D eigenvalue weighted by molar-refractivity contribution is 0.165. The molecule has 0 heterocycles. The summed E-state index contributed by atoms with van der Waals surface area (Å²) in [7, 11) is 0. The van der Waals surface area contributed by atoms with Gasteiger partial charge >= 0.3 is 0 Å². The number of hydrogen-bond donors (Lipinski definition) is 1. The number of hydrogen-bond acceptors (Lipinski definition) is 1. The molecular formula is C14H9F5O. The van der Waals surface area contributed by atoms with Crippen LogP contribution in [0.5, 0.6) is 0 Å². The van der Waals surface area contributed by atoms with Crippen molar-refractivity contribution in [2.75, 3.05) is 0 Å². The van der Waals surface area contributed by atoms with Gasteiger partial charge < -0.3 is 5.11 Å². The molecule has 1 nitrogen and oxygen atoms in total. The lowest BCUT2D eigenvalue weighted by atomic mass is 9.99. The first-order valence-electron chi connectivity index (χ1n) is 5.65. The second-order valence-corrected chi connectivity index (χ2v) is 4.20. The Balaban J connectivity index is 2.36. The van der Waals surface area contributed by atoms with E-state index in [-0.39, 0.29) is 0 Å². The molecule has 0 saturated heterocycles. The average molecular weight is 288 g/mol. The number of benzene rings is 2. The number of halogens is 5. The van der Waals surface area contributed by atoms with Crippen LogP contribution in [0.25, 0.3) is 0 Å². The molecule has 0 bridgehead atoms. The molecule has 1 N–H and O–H groups in total. The molecule has 0 aliphatic heterocycles. The minimum Gasteiger partial charge on any atom is -0.388 e. The van der Waals surface area contributed by atoms with Crippen molar-refractivity contribution < 1.29 is 27.1 Å². The van der Waals surface area contributed by atoms with Crippen LogP contribution in [-0.4, -0.2) is 5.11 Å². The zero-order valence-corrected chi connectivity index (χ0v) is 10.0. The van der Waals surface area contributed by atoms with Gasteiger partial charge in [-0.2, -0.15) is 0 Å². The molecule has 2 rings (SSSR count).